The zero-order valence-electron chi connectivity index (χ0n) is 17.7. The predicted octanol–water partition coefficient (Wildman–Crippen LogP) is 2.75. The molecule has 0 aliphatic carbocycles. The molecule has 0 bridgehead atoms. The number of nitrogens with zero attached hydrogens (tertiary/aromatic N) is 1. The van der Waals surface area contributed by atoms with Gasteiger partial charge in [0.05, 0.1) is 5.69 Å². The number of halogens is 1. The third kappa shape index (κ3) is 4.00. The summed E-state index contributed by atoms with van der Waals surface area (Å²) in [5.41, 5.74) is 2.37. The van der Waals surface area contributed by atoms with E-state index in [1.54, 1.807) is 32.0 Å². The van der Waals surface area contributed by atoms with E-state index in [0.29, 0.717) is 30.0 Å². The lowest BCUT2D eigenvalue weighted by Crippen LogP contribution is -2.33. The Kier molecular flexibility index (Phi) is 5.78. The van der Waals surface area contributed by atoms with Gasteiger partial charge in [-0.3, -0.25) is 0 Å². The standard InChI is InChI=1S/C21H23FN4O5S/c1-11-7-8-14(22)17(12(11)2)13(3)18(20-24-25-21(27)31-20)26-32(28,29)16-6-4-5-15-19(16)30-10-9-23-15/h4-8,13,18,23,26H,9-10H2,1-3H3,(H,25,27)/t13-,18+/m1/s1. The second kappa shape index (κ2) is 8.40. The number of para-hydroxylation sites is 1. The molecule has 2 aromatic carbocycles. The first-order chi connectivity index (χ1) is 15.2. The number of ether oxygens (including phenoxy) is 1. The normalized spacial score (nSPS) is 15.4. The van der Waals surface area contributed by atoms with Crippen molar-refractivity contribution in [2.24, 2.45) is 0 Å². The molecule has 0 unspecified atom stereocenters. The largest absolute Gasteiger partial charge is 0.488 e. The average Bonchev–Trinajstić information content (AvgIpc) is 3.20. The second-order valence-electron chi connectivity index (χ2n) is 7.65. The highest BCUT2D eigenvalue weighted by Crippen LogP contribution is 2.38. The predicted molar refractivity (Wildman–Crippen MR) is 115 cm³/mol. The van der Waals surface area contributed by atoms with Crippen LogP contribution >= 0.6 is 0 Å². The summed E-state index contributed by atoms with van der Waals surface area (Å²) in [5, 5.41) is 9.04. The van der Waals surface area contributed by atoms with E-state index in [1.165, 1.54) is 12.1 Å². The average molecular weight is 463 g/mol. The summed E-state index contributed by atoms with van der Waals surface area (Å²) >= 11 is 0. The number of aryl methyl sites for hydroxylation is 1. The van der Waals surface area contributed by atoms with Crippen LogP contribution in [0.3, 0.4) is 0 Å². The van der Waals surface area contributed by atoms with Gasteiger partial charge in [-0.05, 0) is 48.7 Å². The van der Waals surface area contributed by atoms with Gasteiger partial charge in [-0.1, -0.05) is 19.1 Å². The van der Waals surface area contributed by atoms with Gasteiger partial charge >= 0.3 is 5.76 Å². The van der Waals surface area contributed by atoms with Gasteiger partial charge in [-0.2, -0.15) is 4.72 Å². The Balaban J connectivity index is 1.80. The second-order valence-corrected chi connectivity index (χ2v) is 9.33. The smallest absolute Gasteiger partial charge is 0.434 e. The third-order valence-electron chi connectivity index (χ3n) is 5.62. The van der Waals surface area contributed by atoms with Gasteiger partial charge in [0.25, 0.3) is 0 Å². The summed E-state index contributed by atoms with van der Waals surface area (Å²) in [4.78, 5) is 11.5. The van der Waals surface area contributed by atoms with Gasteiger partial charge in [0.2, 0.25) is 15.9 Å². The number of aromatic amines is 1. The Morgan fingerprint density at radius 3 is 2.72 bits per heavy atom. The third-order valence-corrected chi connectivity index (χ3v) is 7.09. The topological polar surface area (TPSA) is 126 Å². The summed E-state index contributed by atoms with van der Waals surface area (Å²) in [7, 11) is -4.18. The SMILES string of the molecule is Cc1ccc(F)c([C@@H](C)[C@H](NS(=O)(=O)c2cccc3c2OCCN3)c2n[nH]c(=O)o2)c1C. The van der Waals surface area contributed by atoms with Crippen molar-refractivity contribution in [1.29, 1.82) is 0 Å². The molecule has 0 amide bonds. The van der Waals surface area contributed by atoms with Crippen LogP contribution in [-0.2, 0) is 10.0 Å². The number of sulfonamides is 1. The summed E-state index contributed by atoms with van der Waals surface area (Å²) in [6, 6.07) is 6.53. The molecule has 1 aromatic heterocycles. The fourth-order valence-corrected chi connectivity index (χ4v) is 5.29. The minimum absolute atomic E-state index is 0.0845. The van der Waals surface area contributed by atoms with Crippen LogP contribution in [0.2, 0.25) is 0 Å². The van der Waals surface area contributed by atoms with E-state index >= 15 is 0 Å². The van der Waals surface area contributed by atoms with Crippen molar-refractivity contribution in [3.05, 3.63) is 69.3 Å². The van der Waals surface area contributed by atoms with Crippen molar-refractivity contribution < 1.29 is 22.0 Å². The molecule has 0 saturated carbocycles. The molecule has 11 heteroatoms. The number of aromatic nitrogens is 2. The molecule has 3 N–H and O–H groups in total. The molecule has 2 heterocycles. The van der Waals surface area contributed by atoms with Crippen LogP contribution in [0.4, 0.5) is 10.1 Å². The van der Waals surface area contributed by atoms with Crippen LogP contribution in [0.25, 0.3) is 0 Å². The van der Waals surface area contributed by atoms with E-state index in [-0.39, 0.29) is 16.5 Å². The Hall–Kier alpha value is -3.18. The fourth-order valence-electron chi connectivity index (χ4n) is 3.86. The molecular weight excluding hydrogens is 439 g/mol. The number of anilines is 1. The molecule has 1 aliphatic rings. The Bertz CT molecular complexity index is 1320. The zero-order chi connectivity index (χ0) is 23.0. The lowest BCUT2D eigenvalue weighted by Gasteiger charge is -2.26. The fraction of sp³-hybridized carbons (Fsp3) is 0.333. The van der Waals surface area contributed by atoms with Crippen LogP contribution in [-0.4, -0.2) is 31.8 Å². The van der Waals surface area contributed by atoms with Crippen molar-refractivity contribution in [3.8, 4) is 5.75 Å². The summed E-state index contributed by atoms with van der Waals surface area (Å²) in [5.74, 6) is -2.10. The quantitative estimate of drug-likeness (QED) is 0.514. The number of benzene rings is 2. The minimum atomic E-state index is -4.18. The maximum Gasteiger partial charge on any atom is 0.434 e. The van der Waals surface area contributed by atoms with Crippen molar-refractivity contribution in [3.63, 3.8) is 0 Å². The molecule has 1 aliphatic heterocycles. The van der Waals surface area contributed by atoms with Crippen molar-refractivity contribution in [1.82, 2.24) is 14.9 Å². The number of fused-ring (bicyclic) bond motifs is 1. The number of hydrogen-bond donors (Lipinski definition) is 3. The maximum atomic E-state index is 14.8. The molecular formula is C21H23FN4O5S. The number of nitrogens with one attached hydrogen (secondary N) is 3. The van der Waals surface area contributed by atoms with Crippen molar-refractivity contribution in [2.45, 2.75) is 37.6 Å². The first-order valence-corrected chi connectivity index (χ1v) is 11.5. The van der Waals surface area contributed by atoms with Crippen LogP contribution < -0.4 is 20.5 Å². The Labute approximate surface area is 184 Å². The van der Waals surface area contributed by atoms with E-state index in [9.17, 15) is 17.6 Å². The molecule has 3 aromatic rings. The van der Waals surface area contributed by atoms with E-state index in [1.807, 2.05) is 6.92 Å². The highest BCUT2D eigenvalue weighted by molar-refractivity contribution is 7.89. The summed E-state index contributed by atoms with van der Waals surface area (Å²) < 4.78 is 54.8. The number of hydrogen-bond acceptors (Lipinski definition) is 7. The summed E-state index contributed by atoms with van der Waals surface area (Å²) in [6.45, 7) is 6.09. The van der Waals surface area contributed by atoms with E-state index in [4.69, 9.17) is 9.15 Å². The van der Waals surface area contributed by atoms with Crippen LogP contribution in [0.1, 0.15) is 41.5 Å². The molecule has 2 atom stereocenters. The van der Waals surface area contributed by atoms with E-state index in [2.05, 4.69) is 20.2 Å². The lowest BCUT2D eigenvalue weighted by molar-refractivity contribution is 0.314. The molecule has 32 heavy (non-hydrogen) atoms. The highest BCUT2D eigenvalue weighted by atomic mass is 32.2. The first-order valence-electron chi connectivity index (χ1n) is 10.0. The number of rotatable bonds is 6. The molecule has 0 spiro atoms. The van der Waals surface area contributed by atoms with E-state index in [0.717, 1.165) is 5.56 Å². The maximum absolute atomic E-state index is 14.8. The van der Waals surface area contributed by atoms with Gasteiger partial charge in [-0.25, -0.2) is 22.7 Å². The molecule has 170 valence electrons. The van der Waals surface area contributed by atoms with Crippen molar-refractivity contribution in [2.75, 3.05) is 18.5 Å². The first kappa shape index (κ1) is 22.0. The van der Waals surface area contributed by atoms with Crippen molar-refractivity contribution >= 4 is 15.7 Å². The Morgan fingerprint density at radius 1 is 1.22 bits per heavy atom. The van der Waals surface area contributed by atoms with Gasteiger partial charge < -0.3 is 14.5 Å². The zero-order valence-corrected chi connectivity index (χ0v) is 18.5. The van der Waals surface area contributed by atoms with Gasteiger partial charge in [-0.15, -0.1) is 5.10 Å². The summed E-state index contributed by atoms with van der Waals surface area (Å²) in [6.07, 6.45) is 0. The molecule has 0 radical (unpaired) electrons. The minimum Gasteiger partial charge on any atom is -0.488 e. The molecule has 9 nitrogen and oxygen atoms in total. The van der Waals surface area contributed by atoms with Gasteiger partial charge in [0, 0.05) is 12.5 Å². The van der Waals surface area contributed by atoms with E-state index < -0.39 is 33.6 Å². The van der Waals surface area contributed by atoms with Crippen LogP contribution in [0.15, 0.2) is 44.4 Å². The lowest BCUT2D eigenvalue weighted by atomic mass is 9.88. The Morgan fingerprint density at radius 2 is 2.00 bits per heavy atom. The van der Waals surface area contributed by atoms with Gasteiger partial charge in [0.1, 0.15) is 23.4 Å². The monoisotopic (exact) mass is 462 g/mol. The molecule has 4 rings (SSSR count). The van der Waals surface area contributed by atoms with Crippen LogP contribution in [0, 0.1) is 19.7 Å². The molecule has 0 saturated heterocycles. The number of H-pyrrole nitrogens is 1. The van der Waals surface area contributed by atoms with Crippen LogP contribution in [0.5, 0.6) is 5.75 Å². The highest BCUT2D eigenvalue weighted by Gasteiger charge is 2.35. The molecule has 0 fully saturated rings. The van der Waals surface area contributed by atoms with Gasteiger partial charge in [0.15, 0.2) is 5.75 Å².